The predicted molar refractivity (Wildman–Crippen MR) is 139 cm³/mol. The first kappa shape index (κ1) is 24.6. The van der Waals surface area contributed by atoms with Crippen LogP contribution in [0.3, 0.4) is 0 Å². The lowest BCUT2D eigenvalue weighted by Crippen LogP contribution is -2.38. The Kier molecular flexibility index (Phi) is 7.95. The summed E-state index contributed by atoms with van der Waals surface area (Å²) in [6.45, 7) is 1.85. The van der Waals surface area contributed by atoms with Crippen molar-refractivity contribution < 1.29 is 9.59 Å². The number of imide groups is 1. The van der Waals surface area contributed by atoms with Gasteiger partial charge in [-0.3, -0.25) is 19.7 Å². The molecule has 2 aromatic heterocycles. The van der Waals surface area contributed by atoms with Gasteiger partial charge >= 0.3 is 0 Å². The van der Waals surface area contributed by atoms with E-state index in [4.69, 9.17) is 23.2 Å². The number of halogens is 2. The van der Waals surface area contributed by atoms with E-state index in [0.29, 0.717) is 40.0 Å². The summed E-state index contributed by atoms with van der Waals surface area (Å²) >= 11 is 12.1. The second kappa shape index (κ2) is 11.3. The molecule has 8 heteroatoms. The van der Waals surface area contributed by atoms with E-state index in [9.17, 15) is 9.59 Å². The third-order valence-electron chi connectivity index (χ3n) is 5.72. The van der Waals surface area contributed by atoms with Crippen molar-refractivity contribution >= 4 is 40.8 Å². The maximum atomic E-state index is 13.4. The van der Waals surface area contributed by atoms with E-state index in [-0.39, 0.29) is 24.7 Å². The number of pyridine rings is 1. The maximum absolute atomic E-state index is 13.4. The van der Waals surface area contributed by atoms with Gasteiger partial charge in [0.05, 0.1) is 5.69 Å². The molecule has 0 unspecified atom stereocenters. The molecular formula is C27H24Cl2N4O2. The molecule has 0 atom stereocenters. The van der Waals surface area contributed by atoms with Gasteiger partial charge in [-0.25, -0.2) is 4.90 Å². The quantitative estimate of drug-likeness (QED) is 0.308. The van der Waals surface area contributed by atoms with E-state index in [1.165, 1.54) is 4.90 Å². The minimum absolute atomic E-state index is 0.149. The monoisotopic (exact) mass is 506 g/mol. The molecule has 35 heavy (non-hydrogen) atoms. The molecule has 0 aliphatic carbocycles. The summed E-state index contributed by atoms with van der Waals surface area (Å²) < 4.78 is 0. The number of aromatic nitrogens is 3. The molecule has 0 bridgehead atoms. The zero-order valence-corrected chi connectivity index (χ0v) is 20.7. The molecule has 2 amide bonds. The molecule has 0 saturated heterocycles. The number of hydrogen-bond acceptors (Lipinski definition) is 4. The Balaban J connectivity index is 1.58. The molecule has 4 rings (SSSR count). The fraction of sp³-hybridized carbons (Fsp3) is 0.185. The van der Waals surface area contributed by atoms with E-state index in [0.717, 1.165) is 16.7 Å². The number of benzene rings is 2. The van der Waals surface area contributed by atoms with Crippen LogP contribution in [0.1, 0.15) is 29.5 Å². The third kappa shape index (κ3) is 6.15. The van der Waals surface area contributed by atoms with Gasteiger partial charge in [0.2, 0.25) is 11.8 Å². The van der Waals surface area contributed by atoms with Crippen molar-refractivity contribution in [1.29, 1.82) is 0 Å². The Morgan fingerprint density at radius 2 is 1.51 bits per heavy atom. The van der Waals surface area contributed by atoms with Crippen LogP contribution in [0.5, 0.6) is 0 Å². The SMILES string of the molecule is Cc1c(-c2ccncc2)n[nH]c1N(C(=O)CCc1ccc(Cl)cc1)C(=O)CCc1cccc(Cl)c1. The zero-order chi connectivity index (χ0) is 24.8. The molecule has 0 saturated carbocycles. The number of carbonyl (C=O) groups excluding carboxylic acids is 2. The topological polar surface area (TPSA) is 79.0 Å². The van der Waals surface area contributed by atoms with Gasteiger partial charge in [0, 0.05) is 46.4 Å². The molecule has 2 heterocycles. The summed E-state index contributed by atoms with van der Waals surface area (Å²) in [5.41, 5.74) is 4.12. The van der Waals surface area contributed by atoms with Crippen molar-refractivity contribution in [3.8, 4) is 11.3 Å². The average Bonchev–Trinajstić information content (AvgIpc) is 3.24. The average molecular weight is 507 g/mol. The Bertz CT molecular complexity index is 1320. The molecule has 2 aromatic carbocycles. The molecule has 4 aromatic rings. The second-order valence-corrected chi connectivity index (χ2v) is 9.03. The minimum Gasteiger partial charge on any atom is -0.274 e. The highest BCUT2D eigenvalue weighted by Gasteiger charge is 2.27. The summed E-state index contributed by atoms with van der Waals surface area (Å²) in [4.78, 5) is 32.1. The van der Waals surface area contributed by atoms with E-state index >= 15 is 0 Å². The van der Waals surface area contributed by atoms with Gasteiger partial charge in [0.25, 0.3) is 0 Å². The molecule has 0 radical (unpaired) electrons. The lowest BCUT2D eigenvalue weighted by Gasteiger charge is -2.20. The molecule has 0 fully saturated rings. The number of amides is 2. The number of aromatic amines is 1. The summed E-state index contributed by atoms with van der Waals surface area (Å²) in [6.07, 6.45) is 4.61. The Hall–Kier alpha value is -3.48. The molecular weight excluding hydrogens is 483 g/mol. The van der Waals surface area contributed by atoms with E-state index in [2.05, 4.69) is 15.2 Å². The number of hydrogen-bond donors (Lipinski definition) is 1. The number of nitrogens with zero attached hydrogens (tertiary/aromatic N) is 3. The highest BCUT2D eigenvalue weighted by molar-refractivity contribution is 6.30. The first-order valence-electron chi connectivity index (χ1n) is 11.2. The Morgan fingerprint density at radius 3 is 2.17 bits per heavy atom. The van der Waals surface area contributed by atoms with Crippen LogP contribution in [-0.2, 0) is 22.4 Å². The first-order chi connectivity index (χ1) is 16.9. The zero-order valence-electron chi connectivity index (χ0n) is 19.2. The summed E-state index contributed by atoms with van der Waals surface area (Å²) in [7, 11) is 0. The number of anilines is 1. The number of carbonyl (C=O) groups is 2. The van der Waals surface area contributed by atoms with Gasteiger partial charge in [0.1, 0.15) is 5.82 Å². The number of H-pyrrole nitrogens is 1. The highest BCUT2D eigenvalue weighted by atomic mass is 35.5. The van der Waals surface area contributed by atoms with Crippen molar-refractivity contribution in [2.24, 2.45) is 0 Å². The highest BCUT2D eigenvalue weighted by Crippen LogP contribution is 2.29. The fourth-order valence-electron chi connectivity index (χ4n) is 3.86. The van der Waals surface area contributed by atoms with Crippen LogP contribution in [0.2, 0.25) is 10.0 Å². The predicted octanol–water partition coefficient (Wildman–Crippen LogP) is 6.21. The summed E-state index contributed by atoms with van der Waals surface area (Å²) in [6, 6.07) is 18.4. The van der Waals surface area contributed by atoms with Crippen LogP contribution in [0.4, 0.5) is 5.82 Å². The molecule has 0 spiro atoms. The standard InChI is InChI=1S/C27H24Cl2N4O2/c1-18-26(21-13-15-30-16-14-21)31-32-27(18)33(24(34)11-7-19-5-9-22(28)10-6-19)25(35)12-8-20-3-2-4-23(29)17-20/h2-6,9-10,13-17H,7-8,11-12H2,1H3,(H,31,32). The normalized spacial score (nSPS) is 10.8. The van der Waals surface area contributed by atoms with Crippen LogP contribution in [-0.4, -0.2) is 27.0 Å². The van der Waals surface area contributed by atoms with Crippen LogP contribution >= 0.6 is 23.2 Å². The molecule has 0 aliphatic heterocycles. The van der Waals surface area contributed by atoms with Gasteiger partial charge in [-0.15, -0.1) is 0 Å². The molecule has 178 valence electrons. The van der Waals surface area contributed by atoms with Crippen LogP contribution < -0.4 is 4.90 Å². The van der Waals surface area contributed by atoms with Gasteiger partial charge in [-0.2, -0.15) is 5.10 Å². The number of nitrogens with one attached hydrogen (secondary N) is 1. The van der Waals surface area contributed by atoms with Crippen molar-refractivity contribution in [1.82, 2.24) is 15.2 Å². The lowest BCUT2D eigenvalue weighted by molar-refractivity contribution is -0.126. The minimum atomic E-state index is -0.306. The van der Waals surface area contributed by atoms with Crippen molar-refractivity contribution in [2.75, 3.05) is 4.90 Å². The lowest BCUT2D eigenvalue weighted by atomic mass is 10.1. The largest absolute Gasteiger partial charge is 0.274 e. The van der Waals surface area contributed by atoms with Gasteiger partial charge < -0.3 is 0 Å². The van der Waals surface area contributed by atoms with Crippen molar-refractivity contribution in [2.45, 2.75) is 32.6 Å². The smallest absolute Gasteiger partial charge is 0.235 e. The van der Waals surface area contributed by atoms with E-state index < -0.39 is 0 Å². The molecule has 0 aliphatic rings. The van der Waals surface area contributed by atoms with Gasteiger partial charge in [-0.05, 0) is 67.3 Å². The van der Waals surface area contributed by atoms with Gasteiger partial charge in [-0.1, -0.05) is 47.5 Å². The van der Waals surface area contributed by atoms with Gasteiger partial charge in [0.15, 0.2) is 0 Å². The van der Waals surface area contributed by atoms with Crippen LogP contribution in [0.15, 0.2) is 73.1 Å². The van der Waals surface area contributed by atoms with E-state index in [1.807, 2.05) is 49.4 Å². The maximum Gasteiger partial charge on any atom is 0.235 e. The Morgan fingerprint density at radius 1 is 0.857 bits per heavy atom. The van der Waals surface area contributed by atoms with Crippen LogP contribution in [0.25, 0.3) is 11.3 Å². The number of rotatable bonds is 8. The van der Waals surface area contributed by atoms with E-state index in [1.54, 1.807) is 30.6 Å². The third-order valence-corrected chi connectivity index (χ3v) is 6.20. The van der Waals surface area contributed by atoms with Crippen molar-refractivity contribution in [3.63, 3.8) is 0 Å². The molecule has 1 N–H and O–H groups in total. The Labute approximate surface area is 213 Å². The number of aryl methyl sites for hydroxylation is 2. The first-order valence-corrected chi connectivity index (χ1v) is 12.0. The van der Waals surface area contributed by atoms with Crippen molar-refractivity contribution in [3.05, 3.63) is 99.8 Å². The summed E-state index contributed by atoms with van der Waals surface area (Å²) in [5.74, 6) is -0.225. The van der Waals surface area contributed by atoms with Crippen LogP contribution in [0, 0.1) is 6.92 Å². The summed E-state index contributed by atoms with van der Waals surface area (Å²) in [5, 5.41) is 8.56. The molecule has 6 nitrogen and oxygen atoms in total. The second-order valence-electron chi connectivity index (χ2n) is 8.16. The fourth-order valence-corrected chi connectivity index (χ4v) is 4.19.